The maximum absolute atomic E-state index is 12.1. The number of carboxylic acid groups (broad SMARTS) is 1. The van der Waals surface area contributed by atoms with Gasteiger partial charge in [-0.2, -0.15) is 0 Å². The van der Waals surface area contributed by atoms with E-state index in [1.807, 2.05) is 20.8 Å². The molecule has 0 radical (unpaired) electrons. The highest BCUT2D eigenvalue weighted by atomic mass is 16.4. The van der Waals surface area contributed by atoms with Crippen molar-refractivity contribution in [3.63, 3.8) is 0 Å². The Bertz CT molecular complexity index is 320. The minimum atomic E-state index is -0.747. The van der Waals surface area contributed by atoms with E-state index in [-0.39, 0.29) is 30.3 Å². The summed E-state index contributed by atoms with van der Waals surface area (Å²) in [6.45, 7) is 7.53. The molecule has 19 heavy (non-hydrogen) atoms. The van der Waals surface area contributed by atoms with Crippen molar-refractivity contribution in [3.8, 4) is 0 Å². The van der Waals surface area contributed by atoms with Crippen LogP contribution < -0.4 is 5.32 Å². The van der Waals surface area contributed by atoms with Crippen molar-refractivity contribution in [2.24, 2.45) is 5.92 Å². The third-order valence-corrected chi connectivity index (χ3v) is 3.94. The van der Waals surface area contributed by atoms with Crippen LogP contribution in [-0.4, -0.2) is 47.1 Å². The quantitative estimate of drug-likeness (QED) is 0.767. The second-order valence-corrected chi connectivity index (χ2v) is 5.59. The number of nitrogens with one attached hydrogen (secondary N) is 1. The van der Waals surface area contributed by atoms with Gasteiger partial charge < -0.3 is 10.4 Å². The van der Waals surface area contributed by atoms with Gasteiger partial charge in [0.1, 0.15) is 0 Å². The molecule has 1 aliphatic heterocycles. The first kappa shape index (κ1) is 16.0. The van der Waals surface area contributed by atoms with Crippen LogP contribution in [0.15, 0.2) is 0 Å². The Morgan fingerprint density at radius 3 is 2.68 bits per heavy atom. The van der Waals surface area contributed by atoms with Crippen molar-refractivity contribution >= 4 is 11.9 Å². The summed E-state index contributed by atoms with van der Waals surface area (Å²) in [6.07, 6.45) is 3.04. The number of carbonyl (C=O) groups excluding carboxylic acids is 1. The molecule has 1 rings (SSSR count). The lowest BCUT2D eigenvalue weighted by atomic mass is 9.94. The smallest absolute Gasteiger partial charge is 0.303 e. The van der Waals surface area contributed by atoms with Gasteiger partial charge in [-0.25, -0.2) is 0 Å². The zero-order chi connectivity index (χ0) is 14.4. The molecule has 5 nitrogen and oxygen atoms in total. The Morgan fingerprint density at radius 1 is 1.42 bits per heavy atom. The molecule has 1 saturated heterocycles. The Labute approximate surface area is 115 Å². The van der Waals surface area contributed by atoms with Gasteiger partial charge in [-0.05, 0) is 45.6 Å². The van der Waals surface area contributed by atoms with E-state index in [9.17, 15) is 9.59 Å². The number of carboxylic acids is 1. The number of carbonyl (C=O) groups is 2. The zero-order valence-corrected chi connectivity index (χ0v) is 12.2. The number of likely N-dealkylation sites (tertiary alicyclic amines) is 1. The van der Waals surface area contributed by atoms with Crippen LogP contribution in [0.25, 0.3) is 0 Å². The second kappa shape index (κ2) is 7.48. The van der Waals surface area contributed by atoms with Gasteiger partial charge in [-0.1, -0.05) is 6.92 Å². The molecule has 3 atom stereocenters. The molecule has 0 aromatic heterocycles. The lowest BCUT2D eigenvalue weighted by Crippen LogP contribution is -2.50. The van der Waals surface area contributed by atoms with Gasteiger partial charge in [-0.3, -0.25) is 14.5 Å². The van der Waals surface area contributed by atoms with E-state index in [1.165, 1.54) is 0 Å². The number of aliphatic carboxylic acids is 1. The first-order valence-electron chi connectivity index (χ1n) is 7.20. The van der Waals surface area contributed by atoms with E-state index in [1.54, 1.807) is 0 Å². The predicted molar refractivity (Wildman–Crippen MR) is 73.9 cm³/mol. The monoisotopic (exact) mass is 270 g/mol. The van der Waals surface area contributed by atoms with Gasteiger partial charge in [0, 0.05) is 19.0 Å². The number of amides is 1. The van der Waals surface area contributed by atoms with Crippen LogP contribution in [-0.2, 0) is 9.59 Å². The van der Waals surface area contributed by atoms with Crippen molar-refractivity contribution in [1.29, 1.82) is 0 Å². The third-order valence-electron chi connectivity index (χ3n) is 3.94. The van der Waals surface area contributed by atoms with E-state index >= 15 is 0 Å². The topological polar surface area (TPSA) is 69.6 Å². The van der Waals surface area contributed by atoms with Crippen LogP contribution in [0, 0.1) is 5.92 Å². The zero-order valence-electron chi connectivity index (χ0n) is 12.2. The molecule has 0 bridgehead atoms. The molecule has 0 aromatic carbocycles. The lowest BCUT2D eigenvalue weighted by Gasteiger charge is -2.36. The molecule has 0 spiro atoms. The summed E-state index contributed by atoms with van der Waals surface area (Å²) >= 11 is 0. The van der Waals surface area contributed by atoms with Crippen LogP contribution in [0.4, 0.5) is 0 Å². The minimum Gasteiger partial charge on any atom is -0.481 e. The molecule has 0 aromatic rings. The predicted octanol–water partition coefficient (Wildman–Crippen LogP) is 1.48. The fraction of sp³-hybridized carbons (Fsp3) is 0.857. The molecule has 110 valence electrons. The second-order valence-electron chi connectivity index (χ2n) is 5.59. The van der Waals surface area contributed by atoms with Crippen molar-refractivity contribution < 1.29 is 14.7 Å². The van der Waals surface area contributed by atoms with Crippen molar-refractivity contribution in [1.82, 2.24) is 10.2 Å². The first-order chi connectivity index (χ1) is 8.93. The van der Waals surface area contributed by atoms with Crippen molar-refractivity contribution in [2.75, 3.05) is 13.1 Å². The summed E-state index contributed by atoms with van der Waals surface area (Å²) in [7, 11) is 0. The fourth-order valence-electron chi connectivity index (χ4n) is 2.49. The summed E-state index contributed by atoms with van der Waals surface area (Å²) in [4.78, 5) is 24.9. The summed E-state index contributed by atoms with van der Waals surface area (Å²) in [5.41, 5.74) is 0. The van der Waals surface area contributed by atoms with Crippen molar-refractivity contribution in [2.45, 2.75) is 58.5 Å². The van der Waals surface area contributed by atoms with Gasteiger partial charge in [0.05, 0.1) is 6.04 Å². The fourth-order valence-corrected chi connectivity index (χ4v) is 2.49. The van der Waals surface area contributed by atoms with Gasteiger partial charge in [-0.15, -0.1) is 0 Å². The van der Waals surface area contributed by atoms with Crippen LogP contribution >= 0.6 is 0 Å². The Hall–Kier alpha value is -1.10. The van der Waals surface area contributed by atoms with Gasteiger partial charge in [0.2, 0.25) is 5.91 Å². The Balaban J connectivity index is 2.49. The minimum absolute atomic E-state index is 0.0466. The summed E-state index contributed by atoms with van der Waals surface area (Å²) in [5, 5.41) is 11.8. The van der Waals surface area contributed by atoms with E-state index in [4.69, 9.17) is 5.11 Å². The maximum atomic E-state index is 12.1. The summed E-state index contributed by atoms with van der Waals surface area (Å²) < 4.78 is 0. The highest BCUT2D eigenvalue weighted by Crippen LogP contribution is 2.21. The van der Waals surface area contributed by atoms with E-state index in [0.29, 0.717) is 6.54 Å². The van der Waals surface area contributed by atoms with E-state index in [0.717, 1.165) is 25.8 Å². The number of rotatable bonds is 6. The highest BCUT2D eigenvalue weighted by molar-refractivity contribution is 5.81. The maximum Gasteiger partial charge on any atom is 0.303 e. The van der Waals surface area contributed by atoms with Crippen LogP contribution in [0.5, 0.6) is 0 Å². The van der Waals surface area contributed by atoms with E-state index < -0.39 is 5.97 Å². The van der Waals surface area contributed by atoms with Crippen molar-refractivity contribution in [3.05, 3.63) is 0 Å². The Kier molecular flexibility index (Phi) is 6.28. The standard InChI is InChI=1S/C14H26N2O3/c1-4-10(2)15-14(19)11(3)16-7-5-6-12(9-16)8-13(17)18/h10-12H,4-9H2,1-3H3,(H,15,19)(H,17,18). The first-order valence-corrected chi connectivity index (χ1v) is 7.20. The number of hydrogen-bond donors (Lipinski definition) is 2. The average molecular weight is 270 g/mol. The molecule has 0 saturated carbocycles. The average Bonchev–Trinajstić information content (AvgIpc) is 2.37. The van der Waals surface area contributed by atoms with Gasteiger partial charge >= 0.3 is 5.97 Å². The largest absolute Gasteiger partial charge is 0.481 e. The lowest BCUT2D eigenvalue weighted by molar-refractivity contribution is -0.138. The number of hydrogen-bond acceptors (Lipinski definition) is 3. The molecule has 1 heterocycles. The molecular weight excluding hydrogens is 244 g/mol. The molecule has 1 fully saturated rings. The van der Waals surface area contributed by atoms with Gasteiger partial charge in [0.15, 0.2) is 0 Å². The molecule has 1 amide bonds. The summed E-state index contributed by atoms with van der Waals surface area (Å²) in [5.74, 6) is -0.529. The molecule has 2 N–H and O–H groups in total. The molecular formula is C14H26N2O3. The summed E-state index contributed by atoms with van der Waals surface area (Å²) in [6, 6.07) is 0.0140. The SMILES string of the molecule is CCC(C)NC(=O)C(C)N1CCCC(CC(=O)O)C1. The third kappa shape index (κ3) is 5.19. The van der Waals surface area contributed by atoms with E-state index in [2.05, 4.69) is 10.2 Å². The number of nitrogens with zero attached hydrogens (tertiary/aromatic N) is 1. The van der Waals surface area contributed by atoms with Crippen LogP contribution in [0.3, 0.4) is 0 Å². The molecule has 0 aliphatic carbocycles. The molecule has 5 heteroatoms. The number of piperidine rings is 1. The van der Waals surface area contributed by atoms with Crippen LogP contribution in [0.2, 0.25) is 0 Å². The van der Waals surface area contributed by atoms with Gasteiger partial charge in [0.25, 0.3) is 0 Å². The highest BCUT2D eigenvalue weighted by Gasteiger charge is 2.28. The Morgan fingerprint density at radius 2 is 2.11 bits per heavy atom. The normalized spacial score (nSPS) is 23.6. The van der Waals surface area contributed by atoms with Crippen LogP contribution in [0.1, 0.15) is 46.5 Å². The molecule has 3 unspecified atom stereocenters. The molecule has 1 aliphatic rings.